The third-order valence-electron chi connectivity index (χ3n) is 2.27. The fourth-order valence-corrected chi connectivity index (χ4v) is 1.59. The molecule has 1 fully saturated rings. The van der Waals surface area contributed by atoms with Crippen molar-refractivity contribution in [2.75, 3.05) is 6.61 Å². The molecule has 1 rings (SSSR count). The number of rotatable bonds is 3. The number of alkyl halides is 2. The van der Waals surface area contributed by atoms with Gasteiger partial charge in [0.1, 0.15) is 0 Å². The van der Waals surface area contributed by atoms with E-state index in [1.165, 1.54) is 6.42 Å². The molecule has 0 heterocycles. The van der Waals surface area contributed by atoms with Crippen molar-refractivity contribution in [3.8, 4) is 0 Å². The third kappa shape index (κ3) is 4.39. The zero-order valence-electron chi connectivity index (χ0n) is 7.97. The monoisotopic (exact) mass is 207 g/mol. The second kappa shape index (κ2) is 5.78. The Bertz CT molecular complexity index is 182. The molecule has 0 aliphatic heterocycles. The summed E-state index contributed by atoms with van der Waals surface area (Å²) in [5.41, 5.74) is 0. The number of hydrogen-bond acceptors (Lipinski definition) is 2. The Morgan fingerprint density at radius 2 is 2.00 bits per heavy atom. The van der Waals surface area contributed by atoms with Gasteiger partial charge < -0.3 is 10.1 Å². The molecule has 0 aromatic rings. The van der Waals surface area contributed by atoms with Gasteiger partial charge in [0, 0.05) is 6.04 Å². The zero-order valence-corrected chi connectivity index (χ0v) is 7.97. The summed E-state index contributed by atoms with van der Waals surface area (Å²) < 4.78 is 27.6. The van der Waals surface area contributed by atoms with Crippen LogP contribution in [-0.4, -0.2) is 25.2 Å². The zero-order chi connectivity index (χ0) is 10.4. The lowest BCUT2D eigenvalue weighted by Gasteiger charge is -2.22. The number of alkyl carbamates (subject to hydrolysis) is 1. The minimum atomic E-state index is -2.59. The summed E-state index contributed by atoms with van der Waals surface area (Å²) in [7, 11) is 0. The molecule has 1 aliphatic carbocycles. The van der Waals surface area contributed by atoms with Crippen LogP contribution in [0, 0.1) is 0 Å². The average molecular weight is 207 g/mol. The fraction of sp³-hybridized carbons (Fsp3) is 0.889. The molecule has 0 aromatic heterocycles. The summed E-state index contributed by atoms with van der Waals surface area (Å²) in [6, 6.07) is 0.105. The van der Waals surface area contributed by atoms with E-state index < -0.39 is 19.1 Å². The van der Waals surface area contributed by atoms with Crippen LogP contribution in [0.1, 0.15) is 32.1 Å². The lowest BCUT2D eigenvalue weighted by atomic mass is 9.96. The van der Waals surface area contributed by atoms with Gasteiger partial charge >= 0.3 is 6.09 Å². The van der Waals surface area contributed by atoms with Gasteiger partial charge in [-0.15, -0.1) is 0 Å². The maximum atomic E-state index is 11.7. The summed E-state index contributed by atoms with van der Waals surface area (Å²) in [5.74, 6) is 0. The summed E-state index contributed by atoms with van der Waals surface area (Å²) >= 11 is 0. The first kappa shape index (κ1) is 11.2. The van der Waals surface area contributed by atoms with Crippen LogP contribution in [0.15, 0.2) is 0 Å². The minimum Gasteiger partial charge on any atom is -0.443 e. The highest BCUT2D eigenvalue weighted by molar-refractivity contribution is 5.67. The predicted octanol–water partition coefficient (Wildman–Crippen LogP) is 2.31. The Labute approximate surface area is 81.8 Å². The Hall–Kier alpha value is -0.870. The van der Waals surface area contributed by atoms with E-state index >= 15 is 0 Å². The van der Waals surface area contributed by atoms with Crippen LogP contribution in [-0.2, 0) is 4.74 Å². The molecule has 0 radical (unpaired) electrons. The number of ether oxygens (including phenoxy) is 1. The molecule has 0 atom stereocenters. The van der Waals surface area contributed by atoms with Gasteiger partial charge in [0.15, 0.2) is 6.61 Å². The van der Waals surface area contributed by atoms with Crippen LogP contribution >= 0.6 is 0 Å². The molecule has 1 aliphatic rings. The van der Waals surface area contributed by atoms with Gasteiger partial charge in [-0.1, -0.05) is 19.3 Å². The molecule has 1 saturated carbocycles. The first-order valence-corrected chi connectivity index (χ1v) is 4.90. The third-order valence-corrected chi connectivity index (χ3v) is 2.27. The Kier molecular flexibility index (Phi) is 4.62. The highest BCUT2D eigenvalue weighted by Crippen LogP contribution is 2.17. The van der Waals surface area contributed by atoms with E-state index in [1.807, 2.05) is 0 Å². The van der Waals surface area contributed by atoms with Gasteiger partial charge in [-0.3, -0.25) is 0 Å². The van der Waals surface area contributed by atoms with Crippen molar-refractivity contribution in [1.82, 2.24) is 5.32 Å². The molecule has 5 heteroatoms. The lowest BCUT2D eigenvalue weighted by Crippen LogP contribution is -2.37. The van der Waals surface area contributed by atoms with E-state index in [-0.39, 0.29) is 6.04 Å². The molecule has 1 N–H and O–H groups in total. The molecule has 1 amide bonds. The molecule has 0 spiro atoms. The van der Waals surface area contributed by atoms with Crippen LogP contribution in [0.3, 0.4) is 0 Å². The van der Waals surface area contributed by atoms with Crippen LogP contribution in [0.2, 0.25) is 0 Å². The predicted molar refractivity (Wildman–Crippen MR) is 47.4 cm³/mol. The summed E-state index contributed by atoms with van der Waals surface area (Å²) in [6.07, 6.45) is 1.88. The quantitative estimate of drug-likeness (QED) is 0.771. The fourth-order valence-electron chi connectivity index (χ4n) is 1.59. The van der Waals surface area contributed by atoms with Gasteiger partial charge in [-0.05, 0) is 12.8 Å². The number of hydrogen-bond donors (Lipinski definition) is 1. The molecular weight excluding hydrogens is 192 g/mol. The largest absolute Gasteiger partial charge is 0.443 e. The topological polar surface area (TPSA) is 38.3 Å². The Balaban J connectivity index is 2.12. The van der Waals surface area contributed by atoms with Crippen LogP contribution < -0.4 is 5.32 Å². The highest BCUT2D eigenvalue weighted by Gasteiger charge is 2.16. The van der Waals surface area contributed by atoms with Crippen molar-refractivity contribution in [1.29, 1.82) is 0 Å². The molecule has 3 nitrogen and oxygen atoms in total. The normalized spacial score (nSPS) is 18.2. The van der Waals surface area contributed by atoms with Gasteiger partial charge in [0.05, 0.1) is 0 Å². The molecule has 0 aromatic carbocycles. The summed E-state index contributed by atoms with van der Waals surface area (Å²) in [4.78, 5) is 10.9. The molecule has 82 valence electrons. The summed E-state index contributed by atoms with van der Waals surface area (Å²) in [5, 5.41) is 2.58. The van der Waals surface area contributed by atoms with Gasteiger partial charge in [0.25, 0.3) is 6.43 Å². The van der Waals surface area contributed by atoms with E-state index in [2.05, 4.69) is 10.1 Å². The first-order valence-electron chi connectivity index (χ1n) is 4.90. The van der Waals surface area contributed by atoms with Crippen LogP contribution in [0.5, 0.6) is 0 Å². The Morgan fingerprint density at radius 3 is 2.57 bits per heavy atom. The van der Waals surface area contributed by atoms with E-state index in [1.54, 1.807) is 0 Å². The van der Waals surface area contributed by atoms with Gasteiger partial charge in [-0.25, -0.2) is 13.6 Å². The van der Waals surface area contributed by atoms with Gasteiger partial charge in [-0.2, -0.15) is 0 Å². The molecule has 0 unspecified atom stereocenters. The van der Waals surface area contributed by atoms with E-state index in [0.717, 1.165) is 25.7 Å². The number of carbonyl (C=O) groups is 1. The lowest BCUT2D eigenvalue weighted by molar-refractivity contribution is 0.0470. The molecular formula is C9H15F2NO2. The van der Waals surface area contributed by atoms with Crippen molar-refractivity contribution in [2.45, 2.75) is 44.6 Å². The SMILES string of the molecule is O=C(NC1CCCCC1)OCC(F)F. The number of halogens is 2. The maximum Gasteiger partial charge on any atom is 0.407 e. The highest BCUT2D eigenvalue weighted by atomic mass is 19.3. The van der Waals surface area contributed by atoms with Crippen molar-refractivity contribution < 1.29 is 18.3 Å². The maximum absolute atomic E-state index is 11.7. The first-order chi connectivity index (χ1) is 6.68. The van der Waals surface area contributed by atoms with Crippen molar-refractivity contribution in [3.63, 3.8) is 0 Å². The second-order valence-corrected chi connectivity index (χ2v) is 3.47. The number of carbonyl (C=O) groups excluding carboxylic acids is 1. The second-order valence-electron chi connectivity index (χ2n) is 3.47. The molecule has 0 bridgehead atoms. The minimum absolute atomic E-state index is 0.105. The van der Waals surface area contributed by atoms with E-state index in [9.17, 15) is 13.6 Å². The van der Waals surface area contributed by atoms with Crippen molar-refractivity contribution >= 4 is 6.09 Å². The number of amides is 1. The van der Waals surface area contributed by atoms with E-state index in [4.69, 9.17) is 0 Å². The van der Waals surface area contributed by atoms with Gasteiger partial charge in [0.2, 0.25) is 0 Å². The van der Waals surface area contributed by atoms with E-state index in [0.29, 0.717) is 0 Å². The standard InChI is InChI=1S/C9H15F2NO2/c10-8(11)6-14-9(13)12-7-4-2-1-3-5-7/h7-8H,1-6H2,(H,12,13). The van der Waals surface area contributed by atoms with Crippen molar-refractivity contribution in [2.24, 2.45) is 0 Å². The summed E-state index contributed by atoms with van der Waals surface area (Å²) in [6.45, 7) is -0.821. The molecule has 0 saturated heterocycles. The Morgan fingerprint density at radius 1 is 1.36 bits per heavy atom. The average Bonchev–Trinajstić information content (AvgIpc) is 2.16. The van der Waals surface area contributed by atoms with Crippen LogP contribution in [0.4, 0.5) is 13.6 Å². The smallest absolute Gasteiger partial charge is 0.407 e. The molecule has 14 heavy (non-hydrogen) atoms. The number of nitrogens with one attached hydrogen (secondary N) is 1. The van der Waals surface area contributed by atoms with Crippen LogP contribution in [0.25, 0.3) is 0 Å². The van der Waals surface area contributed by atoms with Crippen molar-refractivity contribution in [3.05, 3.63) is 0 Å².